The summed E-state index contributed by atoms with van der Waals surface area (Å²) in [5.74, 6) is 0.711. The zero-order valence-corrected chi connectivity index (χ0v) is 21.1. The normalized spacial score (nSPS) is 14.8. The Hall–Kier alpha value is -3.89. The van der Waals surface area contributed by atoms with Crippen molar-refractivity contribution < 1.29 is 27.5 Å². The van der Waals surface area contributed by atoms with Crippen LogP contribution in [0.2, 0.25) is 0 Å². The first kappa shape index (κ1) is 24.8. The average Bonchev–Trinajstić information content (AvgIpc) is 3.53. The van der Waals surface area contributed by atoms with E-state index in [1.165, 1.54) is 13.0 Å². The molecule has 37 heavy (non-hydrogen) atoms. The Morgan fingerprint density at radius 3 is 2.54 bits per heavy atom. The summed E-state index contributed by atoms with van der Waals surface area (Å²) < 4.78 is 40.0. The van der Waals surface area contributed by atoms with E-state index in [1.807, 2.05) is 36.4 Å². The molecule has 0 bridgehead atoms. The van der Waals surface area contributed by atoms with Gasteiger partial charge >= 0.3 is 0 Å². The molecule has 0 radical (unpaired) electrons. The topological polar surface area (TPSA) is 114 Å². The summed E-state index contributed by atoms with van der Waals surface area (Å²) in [6.45, 7) is 2.35. The van der Waals surface area contributed by atoms with E-state index in [0.29, 0.717) is 30.2 Å². The van der Waals surface area contributed by atoms with Crippen LogP contribution in [0.3, 0.4) is 0 Å². The predicted octanol–water partition coefficient (Wildman–Crippen LogP) is 2.53. The molecule has 10 heteroatoms. The third-order valence-corrected chi connectivity index (χ3v) is 7.91. The Balaban J connectivity index is 1.34. The Kier molecular flexibility index (Phi) is 6.86. The molecule has 0 aliphatic carbocycles. The molecule has 5 rings (SSSR count). The second-order valence-electron chi connectivity index (χ2n) is 8.98. The third-order valence-electron chi connectivity index (χ3n) is 6.44. The van der Waals surface area contributed by atoms with Crippen molar-refractivity contribution in [3.63, 3.8) is 0 Å². The van der Waals surface area contributed by atoms with Gasteiger partial charge in [0.1, 0.15) is 6.04 Å². The number of carbonyl (C=O) groups is 2. The number of amides is 2. The SMILES string of the molecule is CC(=O)N1CCc2cc(S(=O)(=O)N[C@H](Cc3ccccc3)C(=O)NCc3ccc4c(c3)OCO4)ccc21. The van der Waals surface area contributed by atoms with Crippen LogP contribution < -0.4 is 24.4 Å². The fourth-order valence-electron chi connectivity index (χ4n) is 4.53. The Morgan fingerprint density at radius 2 is 1.76 bits per heavy atom. The number of benzene rings is 3. The van der Waals surface area contributed by atoms with E-state index in [9.17, 15) is 18.0 Å². The highest BCUT2D eigenvalue weighted by atomic mass is 32.2. The summed E-state index contributed by atoms with van der Waals surface area (Å²) >= 11 is 0. The molecule has 0 fully saturated rings. The highest BCUT2D eigenvalue weighted by Crippen LogP contribution is 2.32. The number of nitrogens with zero attached hydrogens (tertiary/aromatic N) is 1. The van der Waals surface area contributed by atoms with Crippen molar-refractivity contribution in [2.24, 2.45) is 0 Å². The molecule has 9 nitrogen and oxygen atoms in total. The van der Waals surface area contributed by atoms with Gasteiger partial charge in [0.2, 0.25) is 28.6 Å². The molecular formula is C27H27N3O6S. The minimum Gasteiger partial charge on any atom is -0.454 e. The van der Waals surface area contributed by atoms with E-state index >= 15 is 0 Å². The monoisotopic (exact) mass is 521 g/mol. The van der Waals surface area contributed by atoms with Crippen molar-refractivity contribution in [1.29, 1.82) is 0 Å². The number of ether oxygens (including phenoxy) is 2. The standard InChI is InChI=1S/C27H27N3O6S/c1-18(31)30-12-11-21-15-22(8-9-24(21)30)37(33,34)29-23(13-19-5-3-2-4-6-19)27(32)28-16-20-7-10-25-26(14-20)36-17-35-25/h2-10,14-15,23,29H,11-13,16-17H2,1H3,(H,28,32)/t23-/m1/s1. The Morgan fingerprint density at radius 1 is 0.973 bits per heavy atom. The number of rotatable bonds is 8. The van der Waals surface area contributed by atoms with Gasteiger partial charge in [-0.05, 0) is 59.9 Å². The molecule has 3 aromatic carbocycles. The maximum absolute atomic E-state index is 13.4. The molecule has 0 aromatic heterocycles. The minimum absolute atomic E-state index is 0.0540. The summed E-state index contributed by atoms with van der Waals surface area (Å²) in [6.07, 6.45) is 0.748. The van der Waals surface area contributed by atoms with Gasteiger partial charge in [-0.15, -0.1) is 0 Å². The van der Waals surface area contributed by atoms with E-state index in [-0.39, 0.29) is 30.6 Å². The molecule has 0 saturated heterocycles. The predicted molar refractivity (Wildman–Crippen MR) is 137 cm³/mol. The maximum Gasteiger partial charge on any atom is 0.241 e. The van der Waals surface area contributed by atoms with Gasteiger partial charge < -0.3 is 19.7 Å². The number of fused-ring (bicyclic) bond motifs is 2. The molecule has 1 atom stereocenters. The van der Waals surface area contributed by atoms with Crippen LogP contribution >= 0.6 is 0 Å². The van der Waals surface area contributed by atoms with Crippen LogP contribution in [0.1, 0.15) is 23.6 Å². The second-order valence-corrected chi connectivity index (χ2v) is 10.7. The summed E-state index contributed by atoms with van der Waals surface area (Å²) in [4.78, 5) is 26.8. The van der Waals surface area contributed by atoms with Crippen molar-refractivity contribution in [3.05, 3.63) is 83.4 Å². The highest BCUT2D eigenvalue weighted by molar-refractivity contribution is 7.89. The maximum atomic E-state index is 13.4. The van der Waals surface area contributed by atoms with Gasteiger partial charge in [0.15, 0.2) is 11.5 Å². The van der Waals surface area contributed by atoms with E-state index in [4.69, 9.17) is 9.47 Å². The third kappa shape index (κ3) is 5.45. The average molecular weight is 522 g/mol. The lowest BCUT2D eigenvalue weighted by Gasteiger charge is -2.20. The van der Waals surface area contributed by atoms with Crippen molar-refractivity contribution in [2.75, 3.05) is 18.2 Å². The molecular weight excluding hydrogens is 494 g/mol. The van der Waals surface area contributed by atoms with Crippen LogP contribution in [0.25, 0.3) is 0 Å². The number of sulfonamides is 1. The van der Waals surface area contributed by atoms with Crippen molar-refractivity contribution in [1.82, 2.24) is 10.0 Å². The minimum atomic E-state index is -4.03. The summed E-state index contributed by atoms with van der Waals surface area (Å²) in [5.41, 5.74) is 3.12. The number of anilines is 1. The zero-order chi connectivity index (χ0) is 26.0. The lowest BCUT2D eigenvalue weighted by molar-refractivity contribution is -0.123. The van der Waals surface area contributed by atoms with Crippen LogP contribution in [0.5, 0.6) is 11.5 Å². The molecule has 192 valence electrons. The molecule has 2 amide bonds. The summed E-state index contributed by atoms with van der Waals surface area (Å²) in [7, 11) is -4.03. The summed E-state index contributed by atoms with van der Waals surface area (Å²) in [5, 5.41) is 2.84. The molecule has 2 N–H and O–H groups in total. The first-order chi connectivity index (χ1) is 17.8. The number of nitrogens with one attached hydrogen (secondary N) is 2. The molecule has 2 aliphatic rings. The van der Waals surface area contributed by atoms with E-state index in [2.05, 4.69) is 10.0 Å². The number of hydrogen-bond donors (Lipinski definition) is 2. The van der Waals surface area contributed by atoms with Gasteiger partial charge in [0.25, 0.3) is 0 Å². The van der Waals surface area contributed by atoms with Crippen LogP contribution in [0.15, 0.2) is 71.6 Å². The molecule has 2 aliphatic heterocycles. The van der Waals surface area contributed by atoms with Crippen LogP contribution in [0.4, 0.5) is 5.69 Å². The van der Waals surface area contributed by atoms with Crippen LogP contribution in [0, 0.1) is 0 Å². The fourth-order valence-corrected chi connectivity index (χ4v) is 5.77. The van der Waals surface area contributed by atoms with Gasteiger partial charge in [-0.25, -0.2) is 8.42 Å². The highest BCUT2D eigenvalue weighted by Gasteiger charge is 2.29. The Bertz CT molecular complexity index is 1440. The largest absolute Gasteiger partial charge is 0.454 e. The molecule has 0 saturated carbocycles. The lowest BCUT2D eigenvalue weighted by atomic mass is 10.1. The Labute approximate surface area is 215 Å². The first-order valence-corrected chi connectivity index (χ1v) is 13.4. The number of carbonyl (C=O) groups excluding carboxylic acids is 2. The van der Waals surface area contributed by atoms with Crippen LogP contribution in [-0.4, -0.2) is 39.6 Å². The van der Waals surface area contributed by atoms with Crippen LogP contribution in [-0.2, 0) is 39.0 Å². The van der Waals surface area contributed by atoms with E-state index < -0.39 is 22.0 Å². The van der Waals surface area contributed by atoms with E-state index in [0.717, 1.165) is 16.7 Å². The zero-order valence-electron chi connectivity index (χ0n) is 20.3. The van der Waals surface area contributed by atoms with Crippen molar-refractivity contribution >= 4 is 27.5 Å². The van der Waals surface area contributed by atoms with Gasteiger partial charge in [0, 0.05) is 25.7 Å². The van der Waals surface area contributed by atoms with Gasteiger partial charge in [0.05, 0.1) is 4.90 Å². The quantitative estimate of drug-likeness (QED) is 0.471. The summed E-state index contributed by atoms with van der Waals surface area (Å²) in [6, 6.07) is 18.2. The molecule has 0 unspecified atom stereocenters. The molecule has 3 aromatic rings. The fraction of sp³-hybridized carbons (Fsp3) is 0.259. The number of hydrogen-bond acceptors (Lipinski definition) is 6. The molecule has 0 spiro atoms. The van der Waals surface area contributed by atoms with Gasteiger partial charge in [-0.1, -0.05) is 36.4 Å². The smallest absolute Gasteiger partial charge is 0.241 e. The lowest BCUT2D eigenvalue weighted by Crippen LogP contribution is -2.47. The van der Waals surface area contributed by atoms with Crippen molar-refractivity contribution in [2.45, 2.75) is 37.2 Å². The first-order valence-electron chi connectivity index (χ1n) is 11.9. The van der Waals surface area contributed by atoms with Gasteiger partial charge in [-0.3, -0.25) is 9.59 Å². The van der Waals surface area contributed by atoms with Gasteiger partial charge in [-0.2, -0.15) is 4.72 Å². The second kappa shape index (κ2) is 10.2. The van der Waals surface area contributed by atoms with E-state index in [1.54, 1.807) is 29.2 Å². The molecule has 2 heterocycles. The van der Waals surface area contributed by atoms with Crippen molar-refractivity contribution in [3.8, 4) is 11.5 Å².